The molecule has 5 nitrogen and oxygen atoms in total. The third-order valence-corrected chi connectivity index (χ3v) is 3.41. The second-order valence-corrected chi connectivity index (χ2v) is 4.79. The van der Waals surface area contributed by atoms with E-state index in [9.17, 15) is 10.1 Å². The molecule has 3 rings (SSSR count). The highest BCUT2D eigenvalue weighted by molar-refractivity contribution is 6.31. The molecule has 1 heterocycles. The Morgan fingerprint density at radius 3 is 2.45 bits per heavy atom. The highest BCUT2D eigenvalue weighted by Gasteiger charge is 2.13. The van der Waals surface area contributed by atoms with Crippen LogP contribution in [-0.4, -0.2) is 17.0 Å². The van der Waals surface area contributed by atoms with E-state index < -0.39 is 4.92 Å². The van der Waals surface area contributed by atoms with Gasteiger partial charge in [0.1, 0.15) is 0 Å². The number of nitrogens with zero attached hydrogens (tertiary/aromatic N) is 2. The van der Waals surface area contributed by atoms with Gasteiger partial charge in [0.05, 0.1) is 21.6 Å². The van der Waals surface area contributed by atoms with Gasteiger partial charge in [-0.2, -0.15) is 0 Å². The SMILES string of the molecule is CNc1c2cc(Cl)ccc2nc2ccc([N+](=O)[O-])cc12. The van der Waals surface area contributed by atoms with Gasteiger partial charge in [-0.3, -0.25) is 10.1 Å². The van der Waals surface area contributed by atoms with Crippen LogP contribution in [0, 0.1) is 10.1 Å². The number of nitrogens with one attached hydrogen (secondary N) is 1. The molecule has 0 fully saturated rings. The molecule has 0 spiro atoms. The van der Waals surface area contributed by atoms with Crippen molar-refractivity contribution in [3.63, 3.8) is 0 Å². The van der Waals surface area contributed by atoms with Crippen LogP contribution in [0.5, 0.6) is 0 Å². The Morgan fingerprint density at radius 2 is 1.80 bits per heavy atom. The lowest BCUT2D eigenvalue weighted by Crippen LogP contribution is -1.95. The fourth-order valence-corrected chi connectivity index (χ4v) is 2.46. The predicted octanol–water partition coefficient (Wildman–Crippen LogP) is 3.99. The van der Waals surface area contributed by atoms with Crippen LogP contribution in [0.1, 0.15) is 0 Å². The Labute approximate surface area is 119 Å². The van der Waals surface area contributed by atoms with E-state index in [0.29, 0.717) is 15.9 Å². The number of hydrogen-bond donors (Lipinski definition) is 1. The number of rotatable bonds is 2. The standard InChI is InChI=1S/C14H10ClN3O2/c1-16-14-10-6-8(15)2-4-12(10)17-13-5-3-9(18(19)20)7-11(13)14/h2-7H,1H3,(H,16,17). The first-order valence-corrected chi connectivity index (χ1v) is 6.33. The normalized spacial score (nSPS) is 10.9. The summed E-state index contributed by atoms with van der Waals surface area (Å²) in [5.41, 5.74) is 2.32. The second-order valence-electron chi connectivity index (χ2n) is 4.36. The third kappa shape index (κ3) is 1.92. The van der Waals surface area contributed by atoms with Crippen molar-refractivity contribution in [2.45, 2.75) is 0 Å². The van der Waals surface area contributed by atoms with Crippen LogP contribution in [0.25, 0.3) is 21.8 Å². The van der Waals surface area contributed by atoms with Crippen molar-refractivity contribution in [3.05, 3.63) is 51.5 Å². The van der Waals surface area contributed by atoms with E-state index in [1.807, 2.05) is 6.07 Å². The minimum absolute atomic E-state index is 0.0391. The molecule has 6 heteroatoms. The Hall–Kier alpha value is -2.40. The van der Waals surface area contributed by atoms with Crippen LogP contribution in [0.4, 0.5) is 11.4 Å². The molecule has 0 aliphatic heterocycles. The van der Waals surface area contributed by atoms with E-state index >= 15 is 0 Å². The Bertz CT molecular complexity index is 849. The first-order valence-electron chi connectivity index (χ1n) is 5.95. The van der Waals surface area contributed by atoms with Gasteiger partial charge >= 0.3 is 0 Å². The van der Waals surface area contributed by atoms with Gasteiger partial charge < -0.3 is 5.32 Å². The molecule has 2 aromatic carbocycles. The Kier molecular flexibility index (Phi) is 2.91. The lowest BCUT2D eigenvalue weighted by atomic mass is 10.1. The summed E-state index contributed by atoms with van der Waals surface area (Å²) >= 11 is 6.02. The van der Waals surface area contributed by atoms with Gasteiger partial charge in [0.25, 0.3) is 5.69 Å². The summed E-state index contributed by atoms with van der Waals surface area (Å²) in [5.74, 6) is 0. The van der Waals surface area contributed by atoms with Crippen molar-refractivity contribution >= 4 is 44.8 Å². The molecular formula is C14H10ClN3O2. The molecule has 0 aliphatic carbocycles. The molecule has 100 valence electrons. The number of pyridine rings is 1. The van der Waals surface area contributed by atoms with Gasteiger partial charge in [-0.1, -0.05) is 11.6 Å². The van der Waals surface area contributed by atoms with Gasteiger partial charge in [0, 0.05) is 35.0 Å². The van der Waals surface area contributed by atoms with Crippen molar-refractivity contribution in [2.24, 2.45) is 0 Å². The molecule has 0 aliphatic rings. The summed E-state index contributed by atoms with van der Waals surface area (Å²) in [6, 6.07) is 10.0. The summed E-state index contributed by atoms with van der Waals surface area (Å²) in [4.78, 5) is 15.0. The van der Waals surface area contributed by atoms with Gasteiger partial charge in [-0.25, -0.2) is 4.98 Å². The highest BCUT2D eigenvalue weighted by atomic mass is 35.5. The van der Waals surface area contributed by atoms with Gasteiger partial charge in [-0.05, 0) is 24.3 Å². The van der Waals surface area contributed by atoms with Crippen molar-refractivity contribution in [1.82, 2.24) is 4.98 Å². The van der Waals surface area contributed by atoms with E-state index in [1.165, 1.54) is 12.1 Å². The minimum atomic E-state index is -0.416. The van der Waals surface area contributed by atoms with E-state index in [1.54, 1.807) is 25.2 Å². The van der Waals surface area contributed by atoms with Crippen LogP contribution in [0.3, 0.4) is 0 Å². The Balaban J connectivity index is 2.46. The Morgan fingerprint density at radius 1 is 1.15 bits per heavy atom. The smallest absolute Gasteiger partial charge is 0.270 e. The first kappa shape index (κ1) is 12.6. The zero-order chi connectivity index (χ0) is 14.3. The number of anilines is 1. The molecule has 0 amide bonds. The molecule has 0 radical (unpaired) electrons. The zero-order valence-electron chi connectivity index (χ0n) is 10.6. The van der Waals surface area contributed by atoms with Gasteiger partial charge in [0.2, 0.25) is 0 Å². The summed E-state index contributed by atoms with van der Waals surface area (Å²) in [7, 11) is 1.77. The average Bonchev–Trinajstić information content (AvgIpc) is 2.44. The van der Waals surface area contributed by atoms with E-state index in [2.05, 4.69) is 10.3 Å². The van der Waals surface area contributed by atoms with Crippen LogP contribution >= 0.6 is 11.6 Å². The lowest BCUT2D eigenvalue weighted by Gasteiger charge is -2.10. The van der Waals surface area contributed by atoms with E-state index in [4.69, 9.17) is 11.6 Å². The van der Waals surface area contributed by atoms with Crippen molar-refractivity contribution in [3.8, 4) is 0 Å². The molecule has 20 heavy (non-hydrogen) atoms. The largest absolute Gasteiger partial charge is 0.387 e. The topological polar surface area (TPSA) is 68.1 Å². The van der Waals surface area contributed by atoms with Crippen molar-refractivity contribution in [1.29, 1.82) is 0 Å². The molecule has 0 atom stereocenters. The number of non-ortho nitro benzene ring substituents is 1. The van der Waals surface area contributed by atoms with Crippen LogP contribution in [-0.2, 0) is 0 Å². The van der Waals surface area contributed by atoms with Crippen LogP contribution in [0.2, 0.25) is 5.02 Å². The van der Waals surface area contributed by atoms with Gasteiger partial charge in [0.15, 0.2) is 0 Å². The maximum atomic E-state index is 10.9. The molecule has 0 saturated carbocycles. The molecule has 1 aromatic heterocycles. The average molecular weight is 288 g/mol. The molecular weight excluding hydrogens is 278 g/mol. The third-order valence-electron chi connectivity index (χ3n) is 3.18. The van der Waals surface area contributed by atoms with Crippen molar-refractivity contribution < 1.29 is 4.92 Å². The maximum Gasteiger partial charge on any atom is 0.270 e. The zero-order valence-corrected chi connectivity index (χ0v) is 11.3. The monoisotopic (exact) mass is 287 g/mol. The summed E-state index contributed by atoms with van der Waals surface area (Å²) in [5, 5.41) is 16.1. The number of nitro benzene ring substituents is 1. The highest BCUT2D eigenvalue weighted by Crippen LogP contribution is 2.33. The second kappa shape index (κ2) is 4.61. The summed E-state index contributed by atoms with van der Waals surface area (Å²) in [6.45, 7) is 0. The minimum Gasteiger partial charge on any atom is -0.387 e. The van der Waals surface area contributed by atoms with Gasteiger partial charge in [-0.15, -0.1) is 0 Å². The molecule has 3 aromatic rings. The predicted molar refractivity (Wildman–Crippen MR) is 80.5 cm³/mol. The van der Waals surface area contributed by atoms with E-state index in [-0.39, 0.29) is 5.69 Å². The van der Waals surface area contributed by atoms with Crippen molar-refractivity contribution in [2.75, 3.05) is 12.4 Å². The fourth-order valence-electron chi connectivity index (χ4n) is 2.29. The summed E-state index contributed by atoms with van der Waals surface area (Å²) < 4.78 is 0. The number of nitro groups is 1. The van der Waals surface area contributed by atoms with E-state index in [0.717, 1.165) is 16.6 Å². The number of aromatic nitrogens is 1. The number of benzene rings is 2. The lowest BCUT2D eigenvalue weighted by molar-refractivity contribution is -0.384. The quantitative estimate of drug-likeness (QED) is 0.439. The maximum absolute atomic E-state index is 10.9. The van der Waals surface area contributed by atoms with Crippen LogP contribution < -0.4 is 5.32 Å². The molecule has 0 unspecified atom stereocenters. The molecule has 0 bridgehead atoms. The van der Waals surface area contributed by atoms with Crippen LogP contribution in [0.15, 0.2) is 36.4 Å². The molecule has 0 saturated heterocycles. The number of hydrogen-bond acceptors (Lipinski definition) is 4. The molecule has 1 N–H and O–H groups in total. The first-order chi connectivity index (χ1) is 9.60. The fraction of sp³-hybridized carbons (Fsp3) is 0.0714. The number of fused-ring (bicyclic) bond motifs is 2. The number of halogens is 1. The summed E-state index contributed by atoms with van der Waals surface area (Å²) in [6.07, 6.45) is 0.